The highest BCUT2D eigenvalue weighted by Gasteiger charge is 2.31. The maximum Gasteiger partial charge on any atom is 0.224 e. The van der Waals surface area contributed by atoms with Gasteiger partial charge >= 0.3 is 0 Å². The Bertz CT molecular complexity index is 653. The lowest BCUT2D eigenvalue weighted by Gasteiger charge is -2.38. The SMILES string of the molecule is CC(=O)N1c2ccc3ncccc3c2C(N)CC1C. The molecule has 2 N–H and O–H groups in total. The normalized spacial score (nSPS) is 22.4. The molecule has 0 bridgehead atoms. The first-order valence-electron chi connectivity index (χ1n) is 6.52. The van der Waals surface area contributed by atoms with Crippen LogP contribution in [0.3, 0.4) is 0 Å². The van der Waals surface area contributed by atoms with E-state index >= 15 is 0 Å². The molecule has 1 aliphatic heterocycles. The van der Waals surface area contributed by atoms with Gasteiger partial charge in [-0.25, -0.2) is 0 Å². The first-order valence-corrected chi connectivity index (χ1v) is 6.52. The van der Waals surface area contributed by atoms with Gasteiger partial charge in [0.2, 0.25) is 5.91 Å². The molecule has 1 aromatic heterocycles. The zero-order valence-corrected chi connectivity index (χ0v) is 11.1. The van der Waals surface area contributed by atoms with Crippen molar-refractivity contribution in [2.45, 2.75) is 32.4 Å². The second kappa shape index (κ2) is 4.31. The molecule has 0 spiro atoms. The molecule has 1 aromatic carbocycles. The summed E-state index contributed by atoms with van der Waals surface area (Å²) in [7, 11) is 0. The molecule has 2 atom stereocenters. The molecule has 3 rings (SSSR count). The lowest BCUT2D eigenvalue weighted by molar-refractivity contribution is -0.117. The quantitative estimate of drug-likeness (QED) is 0.786. The summed E-state index contributed by atoms with van der Waals surface area (Å²) >= 11 is 0. The average molecular weight is 255 g/mol. The standard InChI is InChI=1S/C15H17N3O/c1-9-8-12(16)15-11-4-3-7-17-13(11)5-6-14(15)18(9)10(2)19/h3-7,9,12H,8,16H2,1-2H3. The van der Waals surface area contributed by atoms with Gasteiger partial charge in [0.1, 0.15) is 0 Å². The minimum Gasteiger partial charge on any atom is -0.324 e. The van der Waals surface area contributed by atoms with Crippen LogP contribution in [0.5, 0.6) is 0 Å². The van der Waals surface area contributed by atoms with Gasteiger partial charge in [-0.2, -0.15) is 0 Å². The van der Waals surface area contributed by atoms with Gasteiger partial charge in [-0.1, -0.05) is 6.07 Å². The number of nitrogens with two attached hydrogens (primary N) is 1. The van der Waals surface area contributed by atoms with E-state index in [1.165, 1.54) is 0 Å². The highest BCUT2D eigenvalue weighted by molar-refractivity contribution is 5.98. The van der Waals surface area contributed by atoms with Crippen LogP contribution in [0.4, 0.5) is 5.69 Å². The van der Waals surface area contributed by atoms with Crippen LogP contribution in [-0.4, -0.2) is 16.9 Å². The monoisotopic (exact) mass is 255 g/mol. The van der Waals surface area contributed by atoms with Gasteiger partial charge < -0.3 is 10.6 Å². The Morgan fingerprint density at radius 1 is 1.42 bits per heavy atom. The number of nitrogens with zero attached hydrogens (tertiary/aromatic N) is 2. The maximum absolute atomic E-state index is 11.9. The number of carbonyl (C=O) groups is 1. The Balaban J connectivity index is 2.31. The third kappa shape index (κ3) is 1.79. The first-order chi connectivity index (χ1) is 9.09. The molecule has 0 saturated heterocycles. The summed E-state index contributed by atoms with van der Waals surface area (Å²) in [5, 5.41) is 1.05. The number of benzene rings is 1. The summed E-state index contributed by atoms with van der Waals surface area (Å²) in [5.74, 6) is 0.0592. The number of carbonyl (C=O) groups excluding carboxylic acids is 1. The van der Waals surface area contributed by atoms with Crippen molar-refractivity contribution in [2.75, 3.05) is 4.90 Å². The highest BCUT2D eigenvalue weighted by atomic mass is 16.2. The van der Waals surface area contributed by atoms with Crippen LogP contribution in [0.15, 0.2) is 30.5 Å². The number of hydrogen-bond donors (Lipinski definition) is 1. The molecular weight excluding hydrogens is 238 g/mol. The lowest BCUT2D eigenvalue weighted by atomic mass is 9.89. The van der Waals surface area contributed by atoms with Gasteiger partial charge in [-0.05, 0) is 31.5 Å². The smallest absolute Gasteiger partial charge is 0.224 e. The molecule has 2 aromatic rings. The van der Waals surface area contributed by atoms with E-state index in [4.69, 9.17) is 5.73 Å². The van der Waals surface area contributed by atoms with Crippen molar-refractivity contribution in [2.24, 2.45) is 5.73 Å². The third-order valence-corrected chi connectivity index (χ3v) is 3.81. The van der Waals surface area contributed by atoms with Crippen molar-refractivity contribution in [3.63, 3.8) is 0 Å². The van der Waals surface area contributed by atoms with Crippen LogP contribution in [0.2, 0.25) is 0 Å². The first kappa shape index (κ1) is 12.1. The van der Waals surface area contributed by atoms with Crippen LogP contribution in [0.25, 0.3) is 10.9 Å². The van der Waals surface area contributed by atoms with E-state index in [2.05, 4.69) is 4.98 Å². The van der Waals surface area contributed by atoms with Gasteiger partial charge in [0, 0.05) is 41.8 Å². The van der Waals surface area contributed by atoms with Crippen LogP contribution in [0.1, 0.15) is 31.9 Å². The number of hydrogen-bond acceptors (Lipinski definition) is 3. The summed E-state index contributed by atoms with van der Waals surface area (Å²) < 4.78 is 0. The molecule has 0 fully saturated rings. The van der Waals surface area contributed by atoms with E-state index in [9.17, 15) is 4.79 Å². The molecule has 0 aliphatic carbocycles. The van der Waals surface area contributed by atoms with Crippen LogP contribution in [-0.2, 0) is 4.79 Å². The predicted octanol–water partition coefficient (Wildman–Crippen LogP) is 2.38. The summed E-state index contributed by atoms with van der Waals surface area (Å²) in [5.41, 5.74) is 9.20. The van der Waals surface area contributed by atoms with E-state index in [1.807, 2.05) is 36.1 Å². The Labute approximate surface area is 112 Å². The van der Waals surface area contributed by atoms with Crippen LogP contribution in [0, 0.1) is 0 Å². The second-order valence-electron chi connectivity index (χ2n) is 5.15. The highest BCUT2D eigenvalue weighted by Crippen LogP contribution is 2.39. The largest absolute Gasteiger partial charge is 0.324 e. The number of rotatable bonds is 0. The molecule has 19 heavy (non-hydrogen) atoms. The number of amides is 1. The Morgan fingerprint density at radius 3 is 2.95 bits per heavy atom. The molecule has 98 valence electrons. The minimum atomic E-state index is -0.0477. The summed E-state index contributed by atoms with van der Waals surface area (Å²) in [6.07, 6.45) is 2.55. The van der Waals surface area contributed by atoms with Crippen molar-refractivity contribution in [1.29, 1.82) is 0 Å². The number of pyridine rings is 1. The molecule has 2 heterocycles. The molecular formula is C15H17N3O. The second-order valence-corrected chi connectivity index (χ2v) is 5.15. The van der Waals surface area contributed by atoms with Crippen LogP contribution < -0.4 is 10.6 Å². The predicted molar refractivity (Wildman–Crippen MR) is 75.9 cm³/mol. The van der Waals surface area contributed by atoms with Gasteiger partial charge in [0.25, 0.3) is 0 Å². The molecule has 2 unspecified atom stereocenters. The van der Waals surface area contributed by atoms with E-state index < -0.39 is 0 Å². The Morgan fingerprint density at radius 2 is 2.21 bits per heavy atom. The Hall–Kier alpha value is -1.94. The van der Waals surface area contributed by atoms with E-state index in [0.29, 0.717) is 0 Å². The third-order valence-electron chi connectivity index (χ3n) is 3.81. The Kier molecular flexibility index (Phi) is 2.75. The van der Waals surface area contributed by atoms with Gasteiger partial charge in [-0.3, -0.25) is 9.78 Å². The molecule has 4 heteroatoms. The fraction of sp³-hybridized carbons (Fsp3) is 0.333. The topological polar surface area (TPSA) is 59.2 Å². The molecule has 1 aliphatic rings. The van der Waals surface area contributed by atoms with E-state index in [0.717, 1.165) is 28.6 Å². The maximum atomic E-state index is 11.9. The summed E-state index contributed by atoms with van der Waals surface area (Å²) in [6.45, 7) is 3.64. The van der Waals surface area contributed by atoms with Crippen molar-refractivity contribution >= 4 is 22.5 Å². The van der Waals surface area contributed by atoms with Crippen molar-refractivity contribution < 1.29 is 4.79 Å². The van der Waals surface area contributed by atoms with Crippen molar-refractivity contribution in [3.05, 3.63) is 36.0 Å². The average Bonchev–Trinajstić information content (AvgIpc) is 2.37. The molecule has 0 radical (unpaired) electrons. The zero-order valence-electron chi connectivity index (χ0n) is 11.1. The fourth-order valence-corrected chi connectivity index (χ4v) is 3.07. The van der Waals surface area contributed by atoms with Gasteiger partial charge in [0.15, 0.2) is 0 Å². The van der Waals surface area contributed by atoms with Gasteiger partial charge in [-0.15, -0.1) is 0 Å². The van der Waals surface area contributed by atoms with Crippen molar-refractivity contribution in [1.82, 2.24) is 4.98 Å². The minimum absolute atomic E-state index is 0.0477. The number of anilines is 1. The van der Waals surface area contributed by atoms with E-state index in [1.54, 1.807) is 13.1 Å². The molecule has 1 amide bonds. The zero-order chi connectivity index (χ0) is 13.6. The number of aromatic nitrogens is 1. The lowest BCUT2D eigenvalue weighted by Crippen LogP contribution is -2.43. The molecule has 0 saturated carbocycles. The van der Waals surface area contributed by atoms with E-state index in [-0.39, 0.29) is 18.0 Å². The number of fused-ring (bicyclic) bond motifs is 3. The van der Waals surface area contributed by atoms with Crippen LogP contribution >= 0.6 is 0 Å². The van der Waals surface area contributed by atoms with Gasteiger partial charge in [0.05, 0.1) is 5.52 Å². The molecule has 4 nitrogen and oxygen atoms in total. The van der Waals surface area contributed by atoms with Crippen molar-refractivity contribution in [3.8, 4) is 0 Å². The summed E-state index contributed by atoms with van der Waals surface area (Å²) in [4.78, 5) is 18.1. The fourth-order valence-electron chi connectivity index (χ4n) is 3.07. The summed E-state index contributed by atoms with van der Waals surface area (Å²) in [6, 6.07) is 7.93.